The van der Waals surface area contributed by atoms with Crippen LogP contribution >= 0.6 is 23.7 Å². The molecule has 2 aliphatic rings. The highest BCUT2D eigenvalue weighted by atomic mass is 35.5. The molecule has 1 heterocycles. The third-order valence-corrected chi connectivity index (χ3v) is 6.92. The molecule has 4 rings (SSSR count). The van der Waals surface area contributed by atoms with E-state index in [1.54, 1.807) is 17.4 Å². The Hall–Kier alpha value is -1.99. The van der Waals surface area contributed by atoms with Gasteiger partial charge in [-0.1, -0.05) is 38.5 Å². The summed E-state index contributed by atoms with van der Waals surface area (Å²) in [5, 5.41) is 36.3. The van der Waals surface area contributed by atoms with E-state index in [2.05, 4.69) is 10.5 Å². The fourth-order valence-corrected chi connectivity index (χ4v) is 5.35. The van der Waals surface area contributed by atoms with E-state index in [1.807, 2.05) is 4.68 Å². The highest BCUT2D eigenvalue weighted by molar-refractivity contribution is 7.07. The van der Waals surface area contributed by atoms with Crippen molar-refractivity contribution in [3.8, 4) is 17.2 Å². The number of aromatic hydroxyl groups is 3. The summed E-state index contributed by atoms with van der Waals surface area (Å²) in [6, 6.07) is 3.25. The van der Waals surface area contributed by atoms with Gasteiger partial charge in [0.25, 0.3) is 0 Å². The maximum atomic E-state index is 10.1. The second kappa shape index (κ2) is 10.4. The summed E-state index contributed by atoms with van der Waals surface area (Å²) in [5.74, 6) is -0.758. The second-order valence-electron chi connectivity index (χ2n) is 8.13. The number of thiazole rings is 1. The number of nitrogens with zero attached hydrogens (tertiary/aromatic N) is 3. The van der Waals surface area contributed by atoms with Crippen molar-refractivity contribution in [1.82, 2.24) is 4.68 Å². The minimum absolute atomic E-state index is 0. The molecule has 3 N–H and O–H groups in total. The van der Waals surface area contributed by atoms with Gasteiger partial charge in [0, 0.05) is 16.9 Å². The molecule has 2 aliphatic carbocycles. The van der Waals surface area contributed by atoms with E-state index >= 15 is 0 Å². The van der Waals surface area contributed by atoms with E-state index in [1.165, 1.54) is 69.3 Å². The Bertz CT molecular complexity index is 942. The van der Waals surface area contributed by atoms with Crippen LogP contribution in [0.15, 0.2) is 27.6 Å². The molecule has 2 saturated carbocycles. The largest absolute Gasteiger partial charge is 0.504 e. The van der Waals surface area contributed by atoms with Crippen LogP contribution in [-0.2, 0) is 0 Å². The van der Waals surface area contributed by atoms with Gasteiger partial charge >= 0.3 is 0 Å². The molecule has 164 valence electrons. The molecule has 0 bridgehead atoms. The standard InChI is InChI=1S/C22H29N3O3S.ClH/c26-19-12-11-16(20(27)21(19)28)13-23-25-18(15-7-3-1-4-8-15)14-29-22(25)24-17-9-5-2-6-10-17;/h11-15,17,26-28H,1-10H2;1H/b23-13+,24-22?;. The molecule has 0 unspecified atom stereocenters. The number of rotatable bonds is 4. The van der Waals surface area contributed by atoms with Gasteiger partial charge in [-0.05, 0) is 37.8 Å². The molecule has 6 nitrogen and oxygen atoms in total. The van der Waals surface area contributed by atoms with Crippen molar-refractivity contribution in [1.29, 1.82) is 0 Å². The fourth-order valence-electron chi connectivity index (χ4n) is 4.37. The highest BCUT2D eigenvalue weighted by Crippen LogP contribution is 2.36. The van der Waals surface area contributed by atoms with Crippen molar-refractivity contribution in [3.05, 3.63) is 33.6 Å². The van der Waals surface area contributed by atoms with Crippen molar-refractivity contribution in [2.24, 2.45) is 10.1 Å². The number of halogens is 1. The smallest absolute Gasteiger partial charge is 0.206 e. The van der Waals surface area contributed by atoms with Gasteiger partial charge in [-0.15, -0.1) is 23.7 Å². The molecule has 0 radical (unpaired) electrons. The van der Waals surface area contributed by atoms with Crippen molar-refractivity contribution in [2.75, 3.05) is 0 Å². The van der Waals surface area contributed by atoms with Gasteiger partial charge in [0.05, 0.1) is 18.0 Å². The number of hydrogen-bond donors (Lipinski definition) is 3. The summed E-state index contributed by atoms with van der Waals surface area (Å²) in [4.78, 5) is 5.92. The second-order valence-corrected chi connectivity index (χ2v) is 8.96. The van der Waals surface area contributed by atoms with Crippen LogP contribution in [0.3, 0.4) is 0 Å². The Balaban J connectivity index is 0.00000256. The predicted octanol–water partition coefficient (Wildman–Crippen LogP) is 5.25. The molecular formula is C22H30ClN3O3S. The lowest BCUT2D eigenvalue weighted by atomic mass is 9.87. The fraction of sp³-hybridized carbons (Fsp3) is 0.545. The summed E-state index contributed by atoms with van der Waals surface area (Å²) in [6.45, 7) is 0. The van der Waals surface area contributed by atoms with Crippen molar-refractivity contribution in [2.45, 2.75) is 76.2 Å². The first-order chi connectivity index (χ1) is 14.1. The molecule has 8 heteroatoms. The molecule has 0 saturated heterocycles. The van der Waals surface area contributed by atoms with Gasteiger partial charge in [0.2, 0.25) is 10.6 Å². The number of phenols is 3. The van der Waals surface area contributed by atoms with Gasteiger partial charge in [-0.3, -0.25) is 4.99 Å². The summed E-state index contributed by atoms with van der Waals surface area (Å²) in [5.41, 5.74) is 1.54. The highest BCUT2D eigenvalue weighted by Gasteiger charge is 2.21. The van der Waals surface area contributed by atoms with Crippen LogP contribution < -0.4 is 4.80 Å². The Morgan fingerprint density at radius 1 is 0.900 bits per heavy atom. The molecule has 0 aliphatic heterocycles. The predicted molar refractivity (Wildman–Crippen MR) is 122 cm³/mol. The van der Waals surface area contributed by atoms with Gasteiger partial charge in [0.15, 0.2) is 11.5 Å². The molecule has 0 amide bonds. The average molecular weight is 452 g/mol. The van der Waals surface area contributed by atoms with E-state index in [0.717, 1.165) is 17.6 Å². The SMILES string of the molecule is Cl.Oc1ccc(/C=N/n2c(C3CCCCC3)csc2=NC2CCCCC2)c(O)c1O. The van der Waals surface area contributed by atoms with Crippen LogP contribution in [0.4, 0.5) is 0 Å². The summed E-state index contributed by atoms with van der Waals surface area (Å²) >= 11 is 1.64. The first-order valence-electron chi connectivity index (χ1n) is 10.7. The van der Waals surface area contributed by atoms with E-state index in [-0.39, 0.29) is 23.9 Å². The lowest BCUT2D eigenvalue weighted by molar-refractivity contribution is 0.367. The van der Waals surface area contributed by atoms with E-state index in [0.29, 0.717) is 17.5 Å². The summed E-state index contributed by atoms with van der Waals surface area (Å²) in [6.07, 6.45) is 13.7. The van der Waals surface area contributed by atoms with Gasteiger partial charge in [-0.2, -0.15) is 5.10 Å². The van der Waals surface area contributed by atoms with Crippen LogP contribution in [0, 0.1) is 0 Å². The first-order valence-corrected chi connectivity index (χ1v) is 11.5. The van der Waals surface area contributed by atoms with E-state index in [4.69, 9.17) is 4.99 Å². The lowest BCUT2D eigenvalue weighted by Crippen LogP contribution is -2.21. The Labute approximate surface area is 187 Å². The van der Waals surface area contributed by atoms with E-state index < -0.39 is 5.75 Å². The Morgan fingerprint density at radius 2 is 1.57 bits per heavy atom. The molecule has 30 heavy (non-hydrogen) atoms. The van der Waals surface area contributed by atoms with Crippen LogP contribution in [0.5, 0.6) is 17.2 Å². The summed E-state index contributed by atoms with van der Waals surface area (Å²) < 4.78 is 1.93. The minimum atomic E-state index is -0.524. The molecule has 0 spiro atoms. The van der Waals surface area contributed by atoms with Gasteiger partial charge in [0.1, 0.15) is 0 Å². The molecule has 1 aromatic carbocycles. The zero-order chi connectivity index (χ0) is 20.2. The molecule has 2 aromatic rings. The van der Waals surface area contributed by atoms with Crippen LogP contribution in [-0.4, -0.2) is 32.3 Å². The first kappa shape index (κ1) is 22.7. The van der Waals surface area contributed by atoms with Crippen molar-refractivity contribution >= 4 is 30.0 Å². The van der Waals surface area contributed by atoms with Crippen LogP contribution in [0.2, 0.25) is 0 Å². The monoisotopic (exact) mass is 451 g/mol. The molecular weight excluding hydrogens is 422 g/mol. The summed E-state index contributed by atoms with van der Waals surface area (Å²) in [7, 11) is 0. The number of phenolic OH excluding ortho intramolecular Hbond substituents is 3. The third kappa shape index (κ3) is 5.01. The Morgan fingerprint density at radius 3 is 2.27 bits per heavy atom. The van der Waals surface area contributed by atoms with Crippen molar-refractivity contribution in [3.63, 3.8) is 0 Å². The maximum Gasteiger partial charge on any atom is 0.206 e. The average Bonchev–Trinajstić information content (AvgIpc) is 3.15. The number of aromatic nitrogens is 1. The zero-order valence-electron chi connectivity index (χ0n) is 17.0. The number of benzene rings is 1. The van der Waals surface area contributed by atoms with Crippen LogP contribution in [0.25, 0.3) is 0 Å². The van der Waals surface area contributed by atoms with Gasteiger partial charge < -0.3 is 15.3 Å². The minimum Gasteiger partial charge on any atom is -0.504 e. The topological polar surface area (TPSA) is 90.3 Å². The van der Waals surface area contributed by atoms with Crippen molar-refractivity contribution < 1.29 is 15.3 Å². The molecule has 1 aromatic heterocycles. The van der Waals surface area contributed by atoms with E-state index in [9.17, 15) is 15.3 Å². The zero-order valence-corrected chi connectivity index (χ0v) is 18.7. The normalized spacial score (nSPS) is 19.3. The molecule has 2 fully saturated rings. The quantitative estimate of drug-likeness (QED) is 0.438. The Kier molecular flexibility index (Phi) is 7.83. The molecule has 0 atom stereocenters. The lowest BCUT2D eigenvalue weighted by Gasteiger charge is -2.21. The number of hydrogen-bond acceptors (Lipinski definition) is 6. The van der Waals surface area contributed by atoms with Gasteiger partial charge in [-0.25, -0.2) is 4.68 Å². The third-order valence-electron chi connectivity index (χ3n) is 6.08. The maximum absolute atomic E-state index is 10.1. The van der Waals surface area contributed by atoms with Crippen LogP contribution in [0.1, 0.15) is 81.4 Å².